The number of fused-ring (bicyclic) bond motifs is 1. The van der Waals surface area contributed by atoms with Gasteiger partial charge in [0, 0.05) is 4.90 Å². The molecular weight excluding hydrogens is 564 g/mol. The van der Waals surface area contributed by atoms with Crippen molar-refractivity contribution in [3.8, 4) is 11.5 Å². The summed E-state index contributed by atoms with van der Waals surface area (Å²) in [6.07, 6.45) is 3.78. The normalized spacial score (nSPS) is 15.4. The quantitative estimate of drug-likeness (QED) is 0.302. The Bertz CT molecular complexity index is 1520. The van der Waals surface area contributed by atoms with Crippen LogP contribution in [0.15, 0.2) is 66.8 Å². The second-order valence-corrected chi connectivity index (χ2v) is 10.6. The number of ether oxygens (including phenoxy) is 3. The van der Waals surface area contributed by atoms with Crippen LogP contribution < -0.4 is 24.4 Å². The number of hydrogen-bond acceptors (Lipinski definition) is 8. The highest BCUT2D eigenvalue weighted by Crippen LogP contribution is 2.36. The molecule has 3 aromatic rings. The second kappa shape index (κ2) is 11.1. The van der Waals surface area contributed by atoms with Crippen molar-refractivity contribution in [2.24, 2.45) is 4.99 Å². The fourth-order valence-corrected chi connectivity index (χ4v) is 6.14. The van der Waals surface area contributed by atoms with E-state index >= 15 is 0 Å². The first-order valence-electron chi connectivity index (χ1n) is 11.1. The van der Waals surface area contributed by atoms with Gasteiger partial charge in [-0.15, -0.1) is 11.8 Å². The number of allylic oxidation sites excluding steroid dienone is 1. The van der Waals surface area contributed by atoms with Gasteiger partial charge in [0.25, 0.3) is 5.56 Å². The van der Waals surface area contributed by atoms with Gasteiger partial charge in [0.2, 0.25) is 0 Å². The lowest BCUT2D eigenvalue weighted by molar-refractivity contribution is -0.139. The number of rotatable bonds is 7. The highest BCUT2D eigenvalue weighted by atomic mass is 79.9. The number of hydrogen-bond donors (Lipinski definition) is 0. The molecule has 188 valence electrons. The summed E-state index contributed by atoms with van der Waals surface area (Å²) in [7, 11) is 3.12. The van der Waals surface area contributed by atoms with E-state index in [0.29, 0.717) is 36.6 Å². The molecule has 0 saturated carbocycles. The minimum absolute atomic E-state index is 0.229. The molecule has 0 bridgehead atoms. The fourth-order valence-electron chi connectivity index (χ4n) is 4.07. The molecule has 7 nitrogen and oxygen atoms in total. The third-order valence-electron chi connectivity index (χ3n) is 5.70. The Morgan fingerprint density at radius 2 is 1.94 bits per heavy atom. The number of halogens is 1. The summed E-state index contributed by atoms with van der Waals surface area (Å²) < 4.78 is 19.0. The third kappa shape index (κ3) is 4.89. The molecule has 2 aromatic carbocycles. The molecule has 0 fully saturated rings. The van der Waals surface area contributed by atoms with Crippen molar-refractivity contribution in [3.05, 3.63) is 83.0 Å². The molecule has 0 N–H and O–H groups in total. The summed E-state index contributed by atoms with van der Waals surface area (Å²) in [6.45, 7) is 3.76. The minimum atomic E-state index is -0.643. The lowest BCUT2D eigenvalue weighted by atomic mass is 9.96. The van der Waals surface area contributed by atoms with Crippen LogP contribution in [0.3, 0.4) is 0 Å². The SMILES string of the molecule is CCOC(=O)C1=C(C)N=c2s/c(=C\c3cc(Br)c(OC)c(OC)c3)c(=O)n2[C@H]1c1ccc(SC)cc1. The Morgan fingerprint density at radius 3 is 2.56 bits per heavy atom. The molecule has 0 radical (unpaired) electrons. The highest BCUT2D eigenvalue weighted by molar-refractivity contribution is 9.10. The van der Waals surface area contributed by atoms with Gasteiger partial charge >= 0.3 is 5.97 Å². The maximum atomic E-state index is 13.8. The lowest BCUT2D eigenvalue weighted by Crippen LogP contribution is -2.39. The molecule has 0 unspecified atom stereocenters. The highest BCUT2D eigenvalue weighted by Gasteiger charge is 2.33. The van der Waals surface area contributed by atoms with Crippen LogP contribution in [0, 0.1) is 0 Å². The molecule has 0 spiro atoms. The van der Waals surface area contributed by atoms with E-state index in [4.69, 9.17) is 14.2 Å². The van der Waals surface area contributed by atoms with Crippen molar-refractivity contribution in [2.45, 2.75) is 24.8 Å². The molecule has 1 aromatic heterocycles. The van der Waals surface area contributed by atoms with Gasteiger partial charge in [-0.3, -0.25) is 9.36 Å². The standard InChI is InChI=1S/C26H25BrN2O5S2/c1-6-34-25(31)21-14(2)28-26-29(22(21)16-7-9-17(35-5)10-8-16)24(30)20(36-26)13-15-11-18(27)23(33-4)19(12-15)32-3/h7-13,22H,6H2,1-5H3/b20-13-/t22-/m0/s1. The van der Waals surface area contributed by atoms with Crippen molar-refractivity contribution < 1.29 is 19.0 Å². The van der Waals surface area contributed by atoms with Gasteiger partial charge < -0.3 is 14.2 Å². The average molecular weight is 590 g/mol. The van der Waals surface area contributed by atoms with Crippen LogP contribution in [-0.2, 0) is 9.53 Å². The Morgan fingerprint density at radius 1 is 1.22 bits per heavy atom. The molecule has 1 aliphatic rings. The van der Waals surface area contributed by atoms with Crippen molar-refractivity contribution in [1.82, 2.24) is 4.57 Å². The first kappa shape index (κ1) is 26.2. The van der Waals surface area contributed by atoms with Crippen molar-refractivity contribution in [2.75, 3.05) is 27.1 Å². The first-order valence-corrected chi connectivity index (χ1v) is 13.9. The lowest BCUT2D eigenvalue weighted by Gasteiger charge is -2.24. The molecule has 4 rings (SSSR count). The summed E-state index contributed by atoms with van der Waals surface area (Å²) in [6, 6.07) is 10.9. The maximum absolute atomic E-state index is 13.8. The van der Waals surface area contributed by atoms with Gasteiger partial charge in [-0.25, -0.2) is 9.79 Å². The van der Waals surface area contributed by atoms with E-state index in [9.17, 15) is 9.59 Å². The number of aromatic nitrogens is 1. The van der Waals surface area contributed by atoms with Crippen LogP contribution in [0.4, 0.5) is 0 Å². The third-order valence-corrected chi connectivity index (χ3v) is 8.02. The summed E-state index contributed by atoms with van der Waals surface area (Å²) >= 11 is 6.40. The number of esters is 1. The van der Waals surface area contributed by atoms with Crippen molar-refractivity contribution in [3.63, 3.8) is 0 Å². The summed E-state index contributed by atoms with van der Waals surface area (Å²) in [4.78, 5) is 33.0. The number of nitrogens with zero attached hydrogens (tertiary/aromatic N) is 2. The molecule has 10 heteroatoms. The number of thioether (sulfide) groups is 1. The molecule has 1 aliphatic heterocycles. The summed E-state index contributed by atoms with van der Waals surface area (Å²) in [5.74, 6) is 0.633. The van der Waals surface area contributed by atoms with Crippen molar-refractivity contribution in [1.29, 1.82) is 0 Å². The summed E-state index contributed by atoms with van der Waals surface area (Å²) in [5.41, 5.74) is 2.23. The van der Waals surface area contributed by atoms with E-state index in [1.165, 1.54) is 11.3 Å². The number of carbonyl (C=O) groups excluding carboxylic acids is 1. The van der Waals surface area contributed by atoms with Gasteiger partial charge in [-0.1, -0.05) is 23.5 Å². The Kier molecular flexibility index (Phi) is 8.07. The fraction of sp³-hybridized carbons (Fsp3) is 0.269. The Labute approximate surface area is 225 Å². The molecule has 0 amide bonds. The Hall–Kier alpha value is -2.82. The van der Waals surface area contributed by atoms with Gasteiger partial charge in [-0.2, -0.15) is 0 Å². The molecule has 0 saturated heterocycles. The van der Waals surface area contributed by atoms with Gasteiger partial charge in [0.1, 0.15) is 0 Å². The van der Waals surface area contributed by atoms with Crippen LogP contribution in [0.1, 0.15) is 31.0 Å². The molecule has 0 aliphatic carbocycles. The van der Waals surface area contributed by atoms with Gasteiger partial charge in [0.15, 0.2) is 16.3 Å². The van der Waals surface area contributed by atoms with Gasteiger partial charge in [0.05, 0.1) is 47.1 Å². The number of methoxy groups -OCH3 is 2. The molecule has 1 atom stereocenters. The number of benzene rings is 2. The zero-order valence-electron chi connectivity index (χ0n) is 20.5. The number of thiazole rings is 1. The maximum Gasteiger partial charge on any atom is 0.338 e. The largest absolute Gasteiger partial charge is 0.493 e. The monoisotopic (exact) mass is 588 g/mol. The topological polar surface area (TPSA) is 79.1 Å². The Balaban J connectivity index is 1.93. The zero-order chi connectivity index (χ0) is 26.0. The van der Waals surface area contributed by atoms with E-state index < -0.39 is 12.0 Å². The average Bonchev–Trinajstić information content (AvgIpc) is 3.17. The van der Waals surface area contributed by atoms with Crippen LogP contribution >= 0.6 is 39.0 Å². The van der Waals surface area contributed by atoms with Gasteiger partial charge in [-0.05, 0) is 77.5 Å². The molecule has 2 heterocycles. The molecular formula is C26H25BrN2O5S2. The zero-order valence-corrected chi connectivity index (χ0v) is 23.7. The first-order chi connectivity index (χ1) is 17.3. The van der Waals surface area contributed by atoms with E-state index in [1.807, 2.05) is 36.6 Å². The molecule has 36 heavy (non-hydrogen) atoms. The smallest absolute Gasteiger partial charge is 0.338 e. The van der Waals surface area contributed by atoms with E-state index in [0.717, 1.165) is 16.0 Å². The predicted molar refractivity (Wildman–Crippen MR) is 146 cm³/mol. The van der Waals surface area contributed by atoms with E-state index in [2.05, 4.69) is 20.9 Å². The van der Waals surface area contributed by atoms with E-state index in [-0.39, 0.29) is 12.2 Å². The summed E-state index contributed by atoms with van der Waals surface area (Å²) in [5, 5.41) is 0. The van der Waals surface area contributed by atoms with Crippen LogP contribution in [0.2, 0.25) is 0 Å². The van der Waals surface area contributed by atoms with Crippen molar-refractivity contribution >= 4 is 51.1 Å². The van der Waals surface area contributed by atoms with Crippen LogP contribution in [-0.4, -0.2) is 37.6 Å². The number of carbonyl (C=O) groups is 1. The second-order valence-electron chi connectivity index (χ2n) is 7.81. The predicted octanol–water partition coefficient (Wildman–Crippen LogP) is 4.30. The minimum Gasteiger partial charge on any atom is -0.493 e. The van der Waals surface area contributed by atoms with Crippen LogP contribution in [0.5, 0.6) is 11.5 Å². The van der Waals surface area contributed by atoms with Crippen LogP contribution in [0.25, 0.3) is 6.08 Å². The van der Waals surface area contributed by atoms with E-state index in [1.54, 1.807) is 56.5 Å².